The number of piperidine rings is 1. The summed E-state index contributed by atoms with van der Waals surface area (Å²) < 4.78 is 66.1. The topological polar surface area (TPSA) is 41.1 Å². The lowest BCUT2D eigenvalue weighted by molar-refractivity contribution is 0.0903. The molecule has 0 aliphatic carbocycles. The van der Waals surface area contributed by atoms with Gasteiger partial charge in [0, 0.05) is 12.6 Å². The number of rotatable bonds is 2. The summed E-state index contributed by atoms with van der Waals surface area (Å²) >= 11 is 0. The van der Waals surface area contributed by atoms with Gasteiger partial charge in [-0.3, -0.25) is 4.79 Å². The van der Waals surface area contributed by atoms with Gasteiger partial charge in [-0.25, -0.2) is 22.0 Å². The second kappa shape index (κ2) is 5.97. The van der Waals surface area contributed by atoms with Crippen LogP contribution in [0.15, 0.2) is 0 Å². The normalized spacial score (nSPS) is 22.2. The fourth-order valence-electron chi connectivity index (χ4n) is 2.23. The van der Waals surface area contributed by atoms with Crippen LogP contribution in [0, 0.1) is 35.0 Å². The number of benzene rings is 1. The summed E-state index contributed by atoms with van der Waals surface area (Å²) in [6.45, 7) is 2.92. The van der Waals surface area contributed by atoms with Crippen molar-refractivity contribution in [2.75, 3.05) is 13.1 Å². The molecule has 1 aliphatic heterocycles. The van der Waals surface area contributed by atoms with Crippen molar-refractivity contribution in [2.45, 2.75) is 19.4 Å². The molecule has 0 saturated carbocycles. The van der Waals surface area contributed by atoms with Gasteiger partial charge in [-0.05, 0) is 18.9 Å². The van der Waals surface area contributed by atoms with Crippen molar-refractivity contribution in [2.24, 2.45) is 5.92 Å². The van der Waals surface area contributed by atoms with E-state index in [4.69, 9.17) is 0 Å². The maximum Gasteiger partial charge on any atom is 0.257 e. The molecular formula is C13H13F5N2O. The van der Waals surface area contributed by atoms with Crippen LogP contribution in [0.1, 0.15) is 23.7 Å². The van der Waals surface area contributed by atoms with E-state index in [0.717, 1.165) is 13.0 Å². The van der Waals surface area contributed by atoms with E-state index in [1.165, 1.54) is 0 Å². The fourth-order valence-corrected chi connectivity index (χ4v) is 2.23. The summed E-state index contributed by atoms with van der Waals surface area (Å²) in [5.41, 5.74) is -1.45. The minimum atomic E-state index is -2.28. The lowest BCUT2D eigenvalue weighted by Gasteiger charge is -2.30. The van der Waals surface area contributed by atoms with Crippen LogP contribution in [-0.2, 0) is 0 Å². The van der Waals surface area contributed by atoms with E-state index < -0.39 is 46.6 Å². The maximum absolute atomic E-state index is 13.5. The number of halogens is 5. The Morgan fingerprint density at radius 2 is 1.57 bits per heavy atom. The molecule has 1 amide bonds. The van der Waals surface area contributed by atoms with Crippen LogP contribution in [0.3, 0.4) is 0 Å². The van der Waals surface area contributed by atoms with Gasteiger partial charge >= 0.3 is 0 Å². The van der Waals surface area contributed by atoms with Crippen LogP contribution in [0.25, 0.3) is 0 Å². The molecular weight excluding hydrogens is 295 g/mol. The molecule has 1 saturated heterocycles. The van der Waals surface area contributed by atoms with Crippen molar-refractivity contribution < 1.29 is 26.7 Å². The average molecular weight is 308 g/mol. The summed E-state index contributed by atoms with van der Waals surface area (Å²) in [7, 11) is 0. The van der Waals surface area contributed by atoms with Crippen LogP contribution >= 0.6 is 0 Å². The van der Waals surface area contributed by atoms with Gasteiger partial charge in [0.05, 0.1) is 0 Å². The third-order valence-electron chi connectivity index (χ3n) is 3.58. The third-order valence-corrected chi connectivity index (χ3v) is 3.58. The molecule has 2 N–H and O–H groups in total. The molecule has 0 spiro atoms. The fraction of sp³-hybridized carbons (Fsp3) is 0.462. The highest BCUT2D eigenvalue weighted by atomic mass is 19.2. The molecule has 2 atom stereocenters. The minimum absolute atomic E-state index is 0.0245. The number of amides is 1. The summed E-state index contributed by atoms with van der Waals surface area (Å²) in [6, 6.07) is -0.443. The Labute approximate surface area is 117 Å². The predicted octanol–water partition coefficient (Wildman–Crippen LogP) is 2.11. The lowest BCUT2D eigenvalue weighted by atomic mass is 9.94. The van der Waals surface area contributed by atoms with Gasteiger partial charge in [0.2, 0.25) is 5.82 Å². The number of hydrogen-bond acceptors (Lipinski definition) is 2. The van der Waals surface area contributed by atoms with Gasteiger partial charge in [-0.15, -0.1) is 0 Å². The molecule has 0 radical (unpaired) electrons. The van der Waals surface area contributed by atoms with Crippen molar-refractivity contribution in [3.05, 3.63) is 34.6 Å². The van der Waals surface area contributed by atoms with Crippen molar-refractivity contribution in [3.8, 4) is 0 Å². The van der Waals surface area contributed by atoms with E-state index in [1.807, 2.05) is 6.92 Å². The zero-order valence-corrected chi connectivity index (χ0v) is 11.1. The quantitative estimate of drug-likeness (QED) is 0.499. The van der Waals surface area contributed by atoms with Gasteiger partial charge < -0.3 is 10.6 Å². The zero-order chi connectivity index (χ0) is 15.7. The monoisotopic (exact) mass is 308 g/mol. The molecule has 2 unspecified atom stereocenters. The van der Waals surface area contributed by atoms with Gasteiger partial charge in [0.25, 0.3) is 5.91 Å². The highest BCUT2D eigenvalue weighted by Crippen LogP contribution is 2.23. The number of nitrogens with one attached hydrogen (secondary N) is 2. The molecule has 116 valence electrons. The summed E-state index contributed by atoms with van der Waals surface area (Å²) in [5.74, 6) is -12.1. The van der Waals surface area contributed by atoms with E-state index in [2.05, 4.69) is 10.6 Å². The second-order valence-electron chi connectivity index (χ2n) is 4.99. The van der Waals surface area contributed by atoms with Crippen molar-refractivity contribution in [3.63, 3.8) is 0 Å². The Morgan fingerprint density at radius 1 is 1.05 bits per heavy atom. The second-order valence-corrected chi connectivity index (χ2v) is 4.99. The summed E-state index contributed by atoms with van der Waals surface area (Å²) in [6.07, 6.45) is 0.724. The molecule has 0 aromatic heterocycles. The van der Waals surface area contributed by atoms with Gasteiger partial charge in [-0.1, -0.05) is 6.92 Å². The average Bonchev–Trinajstić information content (AvgIpc) is 2.46. The van der Waals surface area contributed by atoms with Crippen LogP contribution in [-0.4, -0.2) is 25.0 Å². The molecule has 0 bridgehead atoms. The molecule has 1 aromatic rings. The first kappa shape index (κ1) is 15.7. The highest BCUT2D eigenvalue weighted by Gasteiger charge is 2.31. The number of hydrogen-bond donors (Lipinski definition) is 2. The maximum atomic E-state index is 13.5. The Morgan fingerprint density at radius 3 is 2.10 bits per heavy atom. The van der Waals surface area contributed by atoms with E-state index in [-0.39, 0.29) is 5.92 Å². The largest absolute Gasteiger partial charge is 0.348 e. The van der Waals surface area contributed by atoms with Crippen molar-refractivity contribution in [1.29, 1.82) is 0 Å². The van der Waals surface area contributed by atoms with Crippen molar-refractivity contribution >= 4 is 5.91 Å². The Hall–Kier alpha value is -1.70. The summed E-state index contributed by atoms with van der Waals surface area (Å²) in [5, 5.41) is 5.28. The smallest absolute Gasteiger partial charge is 0.257 e. The molecule has 1 aliphatic rings. The standard InChI is InChI=1S/C13H13F5N2O/c1-5-2-3-19-4-6(5)20-13(21)7-8(14)10(16)12(18)11(17)9(7)15/h5-6,19H,2-4H2,1H3,(H,20,21). The first-order valence-electron chi connectivity index (χ1n) is 6.37. The number of carbonyl (C=O) groups is 1. The van der Waals surface area contributed by atoms with Crippen LogP contribution in [0.4, 0.5) is 22.0 Å². The molecule has 2 rings (SSSR count). The van der Waals surface area contributed by atoms with E-state index >= 15 is 0 Å². The van der Waals surface area contributed by atoms with E-state index in [0.29, 0.717) is 6.54 Å². The van der Waals surface area contributed by atoms with Gasteiger partial charge in [-0.2, -0.15) is 0 Å². The third kappa shape index (κ3) is 2.85. The SMILES string of the molecule is CC1CCNCC1NC(=O)c1c(F)c(F)c(F)c(F)c1F. The highest BCUT2D eigenvalue weighted by molar-refractivity contribution is 5.95. The first-order valence-corrected chi connectivity index (χ1v) is 6.37. The molecule has 8 heteroatoms. The number of carbonyl (C=O) groups excluding carboxylic acids is 1. The van der Waals surface area contributed by atoms with E-state index in [1.54, 1.807) is 0 Å². The van der Waals surface area contributed by atoms with E-state index in [9.17, 15) is 26.7 Å². The first-order chi connectivity index (χ1) is 9.84. The molecule has 1 heterocycles. The van der Waals surface area contributed by atoms with Gasteiger partial charge in [0.1, 0.15) is 5.56 Å². The Bertz CT molecular complexity index is 549. The lowest BCUT2D eigenvalue weighted by Crippen LogP contribution is -2.50. The molecule has 3 nitrogen and oxygen atoms in total. The van der Waals surface area contributed by atoms with Crippen LogP contribution < -0.4 is 10.6 Å². The van der Waals surface area contributed by atoms with Crippen LogP contribution in [0.2, 0.25) is 0 Å². The molecule has 1 aromatic carbocycles. The van der Waals surface area contributed by atoms with Crippen LogP contribution in [0.5, 0.6) is 0 Å². The van der Waals surface area contributed by atoms with Crippen molar-refractivity contribution in [1.82, 2.24) is 10.6 Å². The molecule has 1 fully saturated rings. The summed E-state index contributed by atoms with van der Waals surface area (Å²) in [4.78, 5) is 11.8. The molecule has 21 heavy (non-hydrogen) atoms. The van der Waals surface area contributed by atoms with Gasteiger partial charge in [0.15, 0.2) is 23.3 Å². The minimum Gasteiger partial charge on any atom is -0.348 e. The Kier molecular flexibility index (Phi) is 4.46. The predicted molar refractivity (Wildman–Crippen MR) is 64.1 cm³/mol. The zero-order valence-electron chi connectivity index (χ0n) is 11.1. The Balaban J connectivity index is 2.31.